The number of aliphatic imine (C=N–C) groups is 1. The molecule has 1 aliphatic rings. The second kappa shape index (κ2) is 12.2. The molecule has 0 amide bonds. The lowest BCUT2D eigenvalue weighted by molar-refractivity contribution is 0.177. The van der Waals surface area contributed by atoms with Crippen molar-refractivity contribution in [3.63, 3.8) is 0 Å². The van der Waals surface area contributed by atoms with Crippen LogP contribution in [0.15, 0.2) is 9.52 Å². The molecule has 10 nitrogen and oxygen atoms in total. The number of aryl methyl sites for hydroxylation is 2. The lowest BCUT2D eigenvalue weighted by Crippen LogP contribution is -2.47. The monoisotopic (exact) mass is 532 g/mol. The number of guanidine groups is 1. The topological polar surface area (TPSA) is 115 Å². The molecule has 0 radical (unpaired) electrons. The van der Waals surface area contributed by atoms with Crippen molar-refractivity contribution < 1.29 is 9.26 Å². The number of aromatic nitrogens is 5. The van der Waals surface area contributed by atoms with E-state index in [1.807, 2.05) is 4.68 Å². The minimum absolute atomic E-state index is 0. The number of hydrogen-bond donors (Lipinski definition) is 2. The summed E-state index contributed by atoms with van der Waals surface area (Å²) < 4.78 is 12.4. The van der Waals surface area contributed by atoms with Gasteiger partial charge in [-0.1, -0.05) is 19.0 Å². The molecular formula is C19H33IN8O2. The third-order valence-corrected chi connectivity index (χ3v) is 4.68. The van der Waals surface area contributed by atoms with E-state index in [0.29, 0.717) is 19.0 Å². The largest absolute Gasteiger partial charge is 0.377 e. The number of ether oxygens (including phenoxy) is 1. The molecule has 2 aromatic heterocycles. The minimum Gasteiger partial charge on any atom is -0.377 e. The zero-order valence-electron chi connectivity index (χ0n) is 18.2. The van der Waals surface area contributed by atoms with Crippen LogP contribution in [0.1, 0.15) is 62.9 Å². The fraction of sp³-hybridized carbons (Fsp3) is 0.737. The Morgan fingerprint density at radius 1 is 1.37 bits per heavy atom. The fourth-order valence-electron chi connectivity index (χ4n) is 3.21. The van der Waals surface area contributed by atoms with Gasteiger partial charge in [-0.2, -0.15) is 10.1 Å². The molecule has 3 heterocycles. The van der Waals surface area contributed by atoms with Crippen LogP contribution in [0.3, 0.4) is 0 Å². The predicted octanol–water partition coefficient (Wildman–Crippen LogP) is 2.05. The molecule has 0 fully saturated rings. The van der Waals surface area contributed by atoms with Gasteiger partial charge in [0, 0.05) is 45.0 Å². The van der Waals surface area contributed by atoms with E-state index in [9.17, 15) is 0 Å². The van der Waals surface area contributed by atoms with Crippen molar-refractivity contribution in [3.05, 3.63) is 23.4 Å². The van der Waals surface area contributed by atoms with E-state index in [-0.39, 0.29) is 35.9 Å². The van der Waals surface area contributed by atoms with E-state index in [1.54, 1.807) is 7.11 Å². The van der Waals surface area contributed by atoms with Gasteiger partial charge in [-0.05, 0) is 19.8 Å². The van der Waals surface area contributed by atoms with Gasteiger partial charge in [-0.3, -0.25) is 4.99 Å². The number of rotatable bonds is 9. The summed E-state index contributed by atoms with van der Waals surface area (Å²) in [5, 5.41) is 15.4. The zero-order chi connectivity index (χ0) is 20.6. The molecule has 2 aromatic rings. The zero-order valence-corrected chi connectivity index (χ0v) is 20.5. The van der Waals surface area contributed by atoms with E-state index in [2.05, 4.69) is 51.6 Å². The Kier molecular flexibility index (Phi) is 9.95. The summed E-state index contributed by atoms with van der Waals surface area (Å²) in [5.74, 6) is 4.31. The smallest absolute Gasteiger partial charge is 0.226 e. The standard InChI is InChI=1S/C19H32N8O2.HI/c1-5-20-19(21-10-6-7-17-24-18(13(2)3)26-29-17)22-14-8-9-16-23-15(12-28-4)25-27(16)11-14;/h13-14H,5-12H2,1-4H3,(H2,20,21,22);1H. The van der Waals surface area contributed by atoms with Crippen molar-refractivity contribution in [3.8, 4) is 0 Å². The second-order valence-electron chi connectivity index (χ2n) is 7.50. The quantitative estimate of drug-likeness (QED) is 0.218. The average Bonchev–Trinajstić information content (AvgIpc) is 3.32. The van der Waals surface area contributed by atoms with Gasteiger partial charge < -0.3 is 19.9 Å². The Morgan fingerprint density at radius 2 is 2.20 bits per heavy atom. The third-order valence-electron chi connectivity index (χ3n) is 4.68. The molecule has 1 aliphatic heterocycles. The van der Waals surface area contributed by atoms with Crippen LogP contribution < -0.4 is 10.6 Å². The summed E-state index contributed by atoms with van der Waals surface area (Å²) in [5.41, 5.74) is 0. The highest BCUT2D eigenvalue weighted by molar-refractivity contribution is 14.0. The van der Waals surface area contributed by atoms with Crippen LogP contribution >= 0.6 is 24.0 Å². The molecule has 1 unspecified atom stereocenters. The summed E-state index contributed by atoms with van der Waals surface area (Å²) in [7, 11) is 1.66. The third kappa shape index (κ3) is 6.89. The molecule has 11 heteroatoms. The molecule has 168 valence electrons. The molecule has 0 spiro atoms. The maximum atomic E-state index is 5.29. The van der Waals surface area contributed by atoms with Gasteiger partial charge in [0.25, 0.3) is 0 Å². The van der Waals surface area contributed by atoms with Crippen LogP contribution in [0.2, 0.25) is 0 Å². The van der Waals surface area contributed by atoms with Crippen molar-refractivity contribution in [1.29, 1.82) is 0 Å². The first-order valence-corrected chi connectivity index (χ1v) is 10.4. The maximum Gasteiger partial charge on any atom is 0.226 e. The molecule has 0 saturated carbocycles. The summed E-state index contributed by atoms with van der Waals surface area (Å²) in [4.78, 5) is 13.6. The van der Waals surface area contributed by atoms with Gasteiger partial charge in [0.15, 0.2) is 17.6 Å². The van der Waals surface area contributed by atoms with Crippen molar-refractivity contribution in [2.24, 2.45) is 4.99 Å². The van der Waals surface area contributed by atoms with E-state index < -0.39 is 0 Å². The number of nitrogens with zero attached hydrogens (tertiary/aromatic N) is 6. The molecule has 0 bridgehead atoms. The van der Waals surface area contributed by atoms with Gasteiger partial charge in [0.1, 0.15) is 12.4 Å². The highest BCUT2D eigenvalue weighted by atomic mass is 127. The molecule has 0 saturated heterocycles. The van der Waals surface area contributed by atoms with Crippen LogP contribution in [0.4, 0.5) is 0 Å². The molecule has 30 heavy (non-hydrogen) atoms. The molecular weight excluding hydrogens is 499 g/mol. The SMILES string of the molecule is CCNC(=NCCCc1nc(C(C)C)no1)NC1CCc2nc(COC)nn2C1.I. The van der Waals surface area contributed by atoms with E-state index in [4.69, 9.17) is 14.3 Å². The first kappa shape index (κ1) is 24.5. The second-order valence-corrected chi connectivity index (χ2v) is 7.50. The lowest BCUT2D eigenvalue weighted by Gasteiger charge is -2.25. The predicted molar refractivity (Wildman–Crippen MR) is 124 cm³/mol. The highest BCUT2D eigenvalue weighted by Gasteiger charge is 2.22. The van der Waals surface area contributed by atoms with Crippen molar-refractivity contribution in [1.82, 2.24) is 35.5 Å². The Labute approximate surface area is 194 Å². The van der Waals surface area contributed by atoms with Crippen molar-refractivity contribution in [2.45, 2.75) is 71.6 Å². The van der Waals surface area contributed by atoms with Crippen LogP contribution in [0, 0.1) is 0 Å². The fourth-order valence-corrected chi connectivity index (χ4v) is 3.21. The number of hydrogen-bond acceptors (Lipinski definition) is 7. The van der Waals surface area contributed by atoms with Crippen molar-refractivity contribution in [2.75, 3.05) is 20.2 Å². The van der Waals surface area contributed by atoms with Crippen LogP contribution in [0.25, 0.3) is 0 Å². The Hall–Kier alpha value is -1.76. The van der Waals surface area contributed by atoms with Crippen LogP contribution in [-0.2, 0) is 30.7 Å². The first-order chi connectivity index (χ1) is 14.1. The lowest BCUT2D eigenvalue weighted by atomic mass is 10.1. The molecule has 3 rings (SSSR count). The summed E-state index contributed by atoms with van der Waals surface area (Å²) in [6.45, 7) is 8.90. The summed E-state index contributed by atoms with van der Waals surface area (Å²) in [6, 6.07) is 0.266. The number of fused-ring (bicyclic) bond motifs is 1. The molecule has 1 atom stereocenters. The maximum absolute atomic E-state index is 5.29. The van der Waals surface area contributed by atoms with Gasteiger partial charge in [0.05, 0.1) is 6.54 Å². The number of nitrogens with one attached hydrogen (secondary N) is 2. The first-order valence-electron chi connectivity index (χ1n) is 10.4. The van der Waals surface area contributed by atoms with Crippen LogP contribution in [0.5, 0.6) is 0 Å². The number of methoxy groups -OCH3 is 1. The van der Waals surface area contributed by atoms with E-state index in [1.165, 1.54) is 0 Å². The Bertz CT molecular complexity index is 804. The summed E-state index contributed by atoms with van der Waals surface area (Å²) in [6.07, 6.45) is 3.48. The molecule has 0 aromatic carbocycles. The van der Waals surface area contributed by atoms with Crippen molar-refractivity contribution >= 4 is 29.9 Å². The highest BCUT2D eigenvalue weighted by Crippen LogP contribution is 2.14. The Morgan fingerprint density at radius 3 is 2.90 bits per heavy atom. The summed E-state index contributed by atoms with van der Waals surface area (Å²) >= 11 is 0. The van der Waals surface area contributed by atoms with Gasteiger partial charge in [-0.25, -0.2) is 9.67 Å². The normalized spacial score (nSPS) is 16.3. The van der Waals surface area contributed by atoms with E-state index >= 15 is 0 Å². The van der Waals surface area contributed by atoms with Gasteiger partial charge >= 0.3 is 0 Å². The van der Waals surface area contributed by atoms with E-state index in [0.717, 1.165) is 62.2 Å². The van der Waals surface area contributed by atoms with Gasteiger partial charge in [0.2, 0.25) is 5.89 Å². The molecule has 2 N–H and O–H groups in total. The minimum atomic E-state index is 0. The van der Waals surface area contributed by atoms with Gasteiger partial charge in [-0.15, -0.1) is 24.0 Å². The van der Waals surface area contributed by atoms with Crippen LogP contribution in [-0.4, -0.2) is 57.1 Å². The Balaban J connectivity index is 0.00000320. The molecule has 0 aliphatic carbocycles. The average molecular weight is 532 g/mol. The number of halogens is 1.